The van der Waals surface area contributed by atoms with Gasteiger partial charge in [0.15, 0.2) is 6.19 Å². The van der Waals surface area contributed by atoms with Crippen molar-refractivity contribution in [2.24, 2.45) is 0 Å². The van der Waals surface area contributed by atoms with Crippen LogP contribution in [0.3, 0.4) is 0 Å². The summed E-state index contributed by atoms with van der Waals surface area (Å²) < 4.78 is 20.9. The molecule has 14 heavy (non-hydrogen) atoms. The number of nitrogens with one attached hydrogen (secondary N) is 1. The lowest BCUT2D eigenvalue weighted by molar-refractivity contribution is 0.247. The topological polar surface area (TPSA) is 82.8 Å². The number of hydrogen-bond donors (Lipinski definition) is 3. The Labute approximate surface area is 84.6 Å². The molecule has 0 aromatic heterocycles. The summed E-state index contributed by atoms with van der Waals surface area (Å²) in [6.45, 7) is 1.89. The number of hydrazine groups is 1. The third-order valence-corrected chi connectivity index (χ3v) is 4.40. The second-order valence-electron chi connectivity index (χ2n) is 3.56. The summed E-state index contributed by atoms with van der Waals surface area (Å²) in [5.41, 5.74) is 2.97. The van der Waals surface area contributed by atoms with Gasteiger partial charge in [0, 0.05) is 19.6 Å². The largest absolute Gasteiger partial charge is 0.309 e. The third-order valence-electron chi connectivity index (χ3n) is 2.60. The van der Waals surface area contributed by atoms with E-state index in [4.69, 9.17) is 5.26 Å². The van der Waals surface area contributed by atoms with Crippen LogP contribution in [-0.2, 0) is 0 Å². The van der Waals surface area contributed by atoms with Crippen LogP contribution < -0.4 is 5.43 Å². The Kier molecular flexibility index (Phi) is 2.55. The van der Waals surface area contributed by atoms with Gasteiger partial charge in [-0.3, -0.25) is 9.11 Å². The minimum Gasteiger partial charge on any atom is -0.309 e. The van der Waals surface area contributed by atoms with Crippen molar-refractivity contribution in [2.75, 3.05) is 25.4 Å². The van der Waals surface area contributed by atoms with Crippen LogP contribution in [0.25, 0.3) is 0 Å². The van der Waals surface area contributed by atoms with Crippen molar-refractivity contribution in [1.29, 1.82) is 5.26 Å². The second kappa shape index (κ2) is 3.56. The molecule has 0 saturated carbocycles. The summed E-state index contributed by atoms with van der Waals surface area (Å²) in [5.74, 6) is 0.385. The zero-order valence-electron chi connectivity index (χ0n) is 7.76. The van der Waals surface area contributed by atoms with Gasteiger partial charge < -0.3 is 4.90 Å². The number of nitrogens with zero attached hydrogens (tertiary/aromatic N) is 3. The molecule has 2 saturated heterocycles. The van der Waals surface area contributed by atoms with Gasteiger partial charge in [-0.2, -0.15) is 5.26 Å². The molecule has 1 atom stereocenters. The van der Waals surface area contributed by atoms with Crippen LogP contribution >= 0.6 is 10.8 Å². The fourth-order valence-electron chi connectivity index (χ4n) is 1.89. The molecule has 2 aliphatic rings. The zero-order valence-corrected chi connectivity index (χ0v) is 8.57. The van der Waals surface area contributed by atoms with Crippen LogP contribution in [0.5, 0.6) is 0 Å². The van der Waals surface area contributed by atoms with Gasteiger partial charge in [-0.05, 0) is 6.42 Å². The van der Waals surface area contributed by atoms with Crippen molar-refractivity contribution in [3.8, 4) is 6.19 Å². The van der Waals surface area contributed by atoms with Crippen molar-refractivity contribution in [2.45, 2.75) is 12.5 Å². The number of nitriles is 1. The zero-order chi connectivity index (χ0) is 10.2. The van der Waals surface area contributed by atoms with Gasteiger partial charge in [0.25, 0.3) is 0 Å². The summed E-state index contributed by atoms with van der Waals surface area (Å²) in [6.07, 6.45) is 2.87. The highest BCUT2D eigenvalue weighted by Gasteiger charge is 2.38. The first-order chi connectivity index (χ1) is 6.63. The Morgan fingerprint density at radius 2 is 2.29 bits per heavy atom. The normalized spacial score (nSPS) is 34.4. The average molecular weight is 218 g/mol. The molecule has 2 aliphatic heterocycles. The summed E-state index contributed by atoms with van der Waals surface area (Å²) in [6, 6.07) is 0.0437. The molecule has 0 aromatic rings. The highest BCUT2D eigenvalue weighted by Crippen LogP contribution is 2.46. The Morgan fingerprint density at radius 1 is 1.50 bits per heavy atom. The highest BCUT2D eigenvalue weighted by atomic mass is 32.3. The quantitative estimate of drug-likeness (QED) is 0.538. The standard InChI is InChI=1S/C7H14N4O2S/c8-6-10-3-1-7(5-10)11-9-2-4-14(11,12)13/h7,9,12-13H,1-5H2. The molecule has 2 rings (SSSR count). The first-order valence-electron chi connectivity index (χ1n) is 4.57. The lowest BCUT2D eigenvalue weighted by Gasteiger charge is -2.38. The van der Waals surface area contributed by atoms with E-state index in [-0.39, 0.29) is 6.04 Å². The maximum Gasteiger partial charge on any atom is 0.179 e. The molecule has 2 heterocycles. The van der Waals surface area contributed by atoms with Crippen molar-refractivity contribution in [3.63, 3.8) is 0 Å². The smallest absolute Gasteiger partial charge is 0.179 e. The van der Waals surface area contributed by atoms with Crippen molar-refractivity contribution in [3.05, 3.63) is 0 Å². The van der Waals surface area contributed by atoms with Gasteiger partial charge in [-0.1, -0.05) is 0 Å². The molecule has 2 fully saturated rings. The van der Waals surface area contributed by atoms with E-state index >= 15 is 0 Å². The highest BCUT2D eigenvalue weighted by molar-refractivity contribution is 8.22. The molecule has 3 N–H and O–H groups in total. The average Bonchev–Trinajstić information content (AvgIpc) is 2.70. The summed E-state index contributed by atoms with van der Waals surface area (Å²) >= 11 is 0. The molecule has 7 heteroatoms. The molecule has 6 nitrogen and oxygen atoms in total. The van der Waals surface area contributed by atoms with E-state index in [1.165, 1.54) is 0 Å². The van der Waals surface area contributed by atoms with E-state index in [0.29, 0.717) is 25.4 Å². The Morgan fingerprint density at radius 3 is 2.79 bits per heavy atom. The van der Waals surface area contributed by atoms with Gasteiger partial charge >= 0.3 is 0 Å². The molecule has 0 spiro atoms. The predicted molar refractivity (Wildman–Crippen MR) is 53.1 cm³/mol. The van der Waals surface area contributed by atoms with Crippen LogP contribution in [0, 0.1) is 11.5 Å². The number of rotatable bonds is 1. The summed E-state index contributed by atoms with van der Waals surface area (Å²) in [4.78, 5) is 1.64. The Hall–Kier alpha value is -0.520. The van der Waals surface area contributed by atoms with Gasteiger partial charge in [-0.15, -0.1) is 15.2 Å². The Balaban J connectivity index is 2.00. The van der Waals surface area contributed by atoms with Crippen LogP contribution in [0.1, 0.15) is 6.42 Å². The number of likely N-dealkylation sites (tertiary alicyclic amines) is 1. The molecule has 80 valence electrons. The Bertz CT molecular complexity index is 267. The molecule has 1 unspecified atom stereocenters. The predicted octanol–water partition coefficient (Wildman–Crippen LogP) is 0.0276. The monoisotopic (exact) mass is 218 g/mol. The molecule has 0 aliphatic carbocycles. The maximum absolute atomic E-state index is 9.67. The van der Waals surface area contributed by atoms with Crippen molar-refractivity contribution >= 4 is 10.8 Å². The molecular formula is C7H14N4O2S. The van der Waals surface area contributed by atoms with E-state index < -0.39 is 10.8 Å². The molecule has 0 aromatic carbocycles. The van der Waals surface area contributed by atoms with Gasteiger partial charge in [0.1, 0.15) is 0 Å². The van der Waals surface area contributed by atoms with E-state index in [2.05, 4.69) is 11.6 Å². The van der Waals surface area contributed by atoms with E-state index in [9.17, 15) is 9.11 Å². The minimum absolute atomic E-state index is 0.0437. The van der Waals surface area contributed by atoms with Crippen LogP contribution in [0.15, 0.2) is 0 Å². The van der Waals surface area contributed by atoms with Crippen molar-refractivity contribution in [1.82, 2.24) is 14.7 Å². The van der Waals surface area contributed by atoms with Gasteiger partial charge in [0.05, 0.1) is 11.8 Å². The van der Waals surface area contributed by atoms with E-state index in [1.807, 2.05) is 0 Å². The first kappa shape index (κ1) is 10.0. The molecular weight excluding hydrogens is 204 g/mol. The van der Waals surface area contributed by atoms with Crippen molar-refractivity contribution < 1.29 is 9.11 Å². The van der Waals surface area contributed by atoms with Crippen LogP contribution in [0.2, 0.25) is 0 Å². The fourth-order valence-corrected chi connectivity index (χ4v) is 3.40. The first-order valence-corrected chi connectivity index (χ1v) is 6.24. The van der Waals surface area contributed by atoms with E-state index in [1.54, 1.807) is 9.31 Å². The SMILES string of the molecule is N#CN1CCC(N2NCCS2(O)O)C1. The lowest BCUT2D eigenvalue weighted by Crippen LogP contribution is -2.42. The van der Waals surface area contributed by atoms with Crippen LogP contribution in [-0.4, -0.2) is 49.8 Å². The van der Waals surface area contributed by atoms with Gasteiger partial charge in [-0.25, -0.2) is 5.43 Å². The molecule has 0 radical (unpaired) electrons. The maximum atomic E-state index is 9.67. The fraction of sp³-hybridized carbons (Fsp3) is 0.857. The summed E-state index contributed by atoms with van der Waals surface area (Å²) in [5, 5.41) is 8.68. The molecule has 0 bridgehead atoms. The molecule has 0 amide bonds. The van der Waals surface area contributed by atoms with Crippen LogP contribution in [0.4, 0.5) is 0 Å². The second-order valence-corrected chi connectivity index (χ2v) is 5.62. The third kappa shape index (κ3) is 1.67. The minimum atomic E-state index is -2.62. The van der Waals surface area contributed by atoms with Gasteiger partial charge in [0.2, 0.25) is 0 Å². The lowest BCUT2D eigenvalue weighted by atomic mass is 10.3. The van der Waals surface area contributed by atoms with E-state index in [0.717, 1.165) is 6.42 Å². The summed E-state index contributed by atoms with van der Waals surface area (Å²) in [7, 11) is -2.62. The number of hydrogen-bond acceptors (Lipinski definition) is 6.